The molecule has 1 aromatic heterocycles. The summed E-state index contributed by atoms with van der Waals surface area (Å²) in [6.45, 7) is 2.45. The molecule has 2 fully saturated rings. The van der Waals surface area contributed by atoms with Crippen molar-refractivity contribution in [3.63, 3.8) is 0 Å². The molecule has 0 bridgehead atoms. The lowest BCUT2D eigenvalue weighted by Gasteiger charge is -2.35. The maximum Gasteiger partial charge on any atom is 0.223 e. The van der Waals surface area contributed by atoms with Gasteiger partial charge in [0.25, 0.3) is 0 Å². The zero-order valence-electron chi connectivity index (χ0n) is 10.9. The fourth-order valence-electron chi connectivity index (χ4n) is 3.10. The van der Waals surface area contributed by atoms with E-state index in [9.17, 15) is 0 Å². The Labute approximate surface area is 118 Å². The molecule has 3 rings (SSSR count). The minimum absolute atomic E-state index is 0.316. The SMILES string of the molecule is NC(=S)c1ccnc(NC2CCN3CCCC3C2)n1. The Hall–Kier alpha value is -1.27. The van der Waals surface area contributed by atoms with E-state index in [1.807, 2.05) is 0 Å². The summed E-state index contributed by atoms with van der Waals surface area (Å²) in [7, 11) is 0. The first kappa shape index (κ1) is 12.7. The molecule has 0 saturated carbocycles. The zero-order valence-corrected chi connectivity index (χ0v) is 11.7. The topological polar surface area (TPSA) is 67.1 Å². The van der Waals surface area contributed by atoms with Gasteiger partial charge in [-0.05, 0) is 38.3 Å². The van der Waals surface area contributed by atoms with Gasteiger partial charge in [-0.25, -0.2) is 9.97 Å². The Kier molecular flexibility index (Phi) is 3.61. The molecule has 0 spiro atoms. The summed E-state index contributed by atoms with van der Waals surface area (Å²) in [5, 5.41) is 3.42. The first-order valence-corrected chi connectivity index (χ1v) is 7.26. The lowest BCUT2D eigenvalue weighted by atomic mass is 9.98. The summed E-state index contributed by atoms with van der Waals surface area (Å²) >= 11 is 4.94. The second-order valence-corrected chi connectivity index (χ2v) is 5.77. The van der Waals surface area contributed by atoms with E-state index >= 15 is 0 Å². The molecule has 2 saturated heterocycles. The summed E-state index contributed by atoms with van der Waals surface area (Å²) < 4.78 is 0. The van der Waals surface area contributed by atoms with Crippen molar-refractivity contribution >= 4 is 23.2 Å². The van der Waals surface area contributed by atoms with Crippen LogP contribution in [0.2, 0.25) is 0 Å². The van der Waals surface area contributed by atoms with E-state index in [4.69, 9.17) is 18.0 Å². The number of fused-ring (bicyclic) bond motifs is 1. The first-order valence-electron chi connectivity index (χ1n) is 6.86. The fourth-order valence-corrected chi connectivity index (χ4v) is 3.22. The van der Waals surface area contributed by atoms with E-state index in [1.165, 1.54) is 32.4 Å². The molecule has 1 aromatic rings. The highest BCUT2D eigenvalue weighted by Crippen LogP contribution is 2.27. The van der Waals surface area contributed by atoms with Gasteiger partial charge in [0.1, 0.15) is 10.7 Å². The van der Waals surface area contributed by atoms with Crippen LogP contribution >= 0.6 is 12.2 Å². The molecule has 2 aliphatic heterocycles. The summed E-state index contributed by atoms with van der Waals surface area (Å²) in [5.41, 5.74) is 6.22. The van der Waals surface area contributed by atoms with Gasteiger partial charge in [-0.15, -0.1) is 0 Å². The molecule has 0 amide bonds. The normalized spacial score (nSPS) is 26.9. The van der Waals surface area contributed by atoms with E-state index < -0.39 is 0 Å². The number of anilines is 1. The Morgan fingerprint density at radius 3 is 3.16 bits per heavy atom. The average Bonchev–Trinajstić information content (AvgIpc) is 2.86. The minimum Gasteiger partial charge on any atom is -0.388 e. The van der Waals surface area contributed by atoms with Crippen LogP contribution in [0.1, 0.15) is 31.4 Å². The van der Waals surface area contributed by atoms with Crippen molar-refractivity contribution in [2.24, 2.45) is 5.73 Å². The van der Waals surface area contributed by atoms with Gasteiger partial charge >= 0.3 is 0 Å². The fraction of sp³-hybridized carbons (Fsp3) is 0.615. The van der Waals surface area contributed by atoms with E-state index in [2.05, 4.69) is 20.2 Å². The average molecular weight is 277 g/mol. The van der Waals surface area contributed by atoms with Crippen LogP contribution in [-0.2, 0) is 0 Å². The lowest BCUT2D eigenvalue weighted by molar-refractivity contribution is 0.188. The predicted molar refractivity (Wildman–Crippen MR) is 79.2 cm³/mol. The van der Waals surface area contributed by atoms with Gasteiger partial charge in [0.05, 0.1) is 0 Å². The Bertz CT molecular complexity index is 478. The van der Waals surface area contributed by atoms with Crippen LogP contribution in [0, 0.1) is 0 Å². The second kappa shape index (κ2) is 5.38. The highest BCUT2D eigenvalue weighted by molar-refractivity contribution is 7.80. The van der Waals surface area contributed by atoms with Crippen LogP contribution in [0.3, 0.4) is 0 Å². The minimum atomic E-state index is 0.316. The second-order valence-electron chi connectivity index (χ2n) is 5.33. The van der Waals surface area contributed by atoms with Gasteiger partial charge in [0.2, 0.25) is 5.95 Å². The number of nitrogens with one attached hydrogen (secondary N) is 1. The quantitative estimate of drug-likeness (QED) is 0.808. The third-order valence-electron chi connectivity index (χ3n) is 4.06. The number of nitrogens with zero attached hydrogens (tertiary/aromatic N) is 3. The number of hydrogen-bond donors (Lipinski definition) is 2. The number of hydrogen-bond acceptors (Lipinski definition) is 5. The summed E-state index contributed by atoms with van der Waals surface area (Å²) in [5.74, 6) is 0.641. The number of piperidine rings is 1. The van der Waals surface area contributed by atoms with Gasteiger partial charge in [-0.3, -0.25) is 0 Å². The largest absolute Gasteiger partial charge is 0.388 e. The molecular weight excluding hydrogens is 258 g/mol. The highest BCUT2D eigenvalue weighted by Gasteiger charge is 2.31. The van der Waals surface area contributed by atoms with Crippen molar-refractivity contribution in [1.82, 2.24) is 14.9 Å². The van der Waals surface area contributed by atoms with Crippen molar-refractivity contribution in [3.05, 3.63) is 18.0 Å². The third kappa shape index (κ3) is 2.84. The van der Waals surface area contributed by atoms with Gasteiger partial charge < -0.3 is 16.0 Å². The maximum absolute atomic E-state index is 5.59. The molecule has 3 heterocycles. The molecule has 0 aromatic carbocycles. The van der Waals surface area contributed by atoms with Crippen molar-refractivity contribution in [3.8, 4) is 0 Å². The van der Waals surface area contributed by atoms with Gasteiger partial charge in [0, 0.05) is 24.8 Å². The number of rotatable bonds is 3. The predicted octanol–water partition coefficient (Wildman–Crippen LogP) is 1.15. The number of thiocarbonyl (C=S) groups is 1. The molecule has 6 heteroatoms. The van der Waals surface area contributed by atoms with Crippen molar-refractivity contribution in [2.75, 3.05) is 18.4 Å². The van der Waals surface area contributed by atoms with Crippen molar-refractivity contribution in [2.45, 2.75) is 37.8 Å². The van der Waals surface area contributed by atoms with Crippen LogP contribution in [-0.4, -0.2) is 45.0 Å². The van der Waals surface area contributed by atoms with Crippen LogP contribution in [0.15, 0.2) is 12.3 Å². The van der Waals surface area contributed by atoms with Gasteiger partial charge in [-0.1, -0.05) is 12.2 Å². The van der Waals surface area contributed by atoms with E-state index in [0.717, 1.165) is 12.5 Å². The maximum atomic E-state index is 5.59. The molecule has 2 atom stereocenters. The third-order valence-corrected chi connectivity index (χ3v) is 4.27. The van der Waals surface area contributed by atoms with Crippen molar-refractivity contribution in [1.29, 1.82) is 0 Å². The Balaban J connectivity index is 1.65. The number of aromatic nitrogens is 2. The summed E-state index contributed by atoms with van der Waals surface area (Å²) in [4.78, 5) is 11.5. The molecule has 2 unspecified atom stereocenters. The molecule has 0 aliphatic carbocycles. The Morgan fingerprint density at radius 1 is 1.42 bits per heavy atom. The highest BCUT2D eigenvalue weighted by atomic mass is 32.1. The summed E-state index contributed by atoms with van der Waals surface area (Å²) in [6, 6.07) is 2.94. The summed E-state index contributed by atoms with van der Waals surface area (Å²) in [6.07, 6.45) is 6.70. The Morgan fingerprint density at radius 2 is 2.32 bits per heavy atom. The van der Waals surface area contributed by atoms with Gasteiger partial charge in [-0.2, -0.15) is 0 Å². The van der Waals surface area contributed by atoms with Crippen LogP contribution in [0.25, 0.3) is 0 Å². The standard InChI is InChI=1S/C13H19N5S/c14-12(19)11-3-5-15-13(17-11)16-9-4-7-18-6-1-2-10(18)8-9/h3,5,9-10H,1-2,4,6-8H2,(H2,14,19)(H,15,16,17). The molecule has 19 heavy (non-hydrogen) atoms. The molecule has 3 N–H and O–H groups in total. The van der Waals surface area contributed by atoms with Crippen molar-refractivity contribution < 1.29 is 0 Å². The first-order chi connectivity index (χ1) is 9.22. The van der Waals surface area contributed by atoms with E-state index in [1.54, 1.807) is 12.3 Å². The molecule has 0 radical (unpaired) electrons. The van der Waals surface area contributed by atoms with Crippen LogP contribution < -0.4 is 11.1 Å². The molecule has 5 nitrogen and oxygen atoms in total. The molecular formula is C13H19N5S. The van der Waals surface area contributed by atoms with Gasteiger partial charge in [0.15, 0.2) is 0 Å². The smallest absolute Gasteiger partial charge is 0.223 e. The number of nitrogens with two attached hydrogens (primary N) is 1. The van der Waals surface area contributed by atoms with Crippen LogP contribution in [0.4, 0.5) is 5.95 Å². The molecule has 2 aliphatic rings. The van der Waals surface area contributed by atoms with Crippen LogP contribution in [0.5, 0.6) is 0 Å². The van der Waals surface area contributed by atoms with E-state index in [-0.39, 0.29) is 0 Å². The monoisotopic (exact) mass is 277 g/mol. The zero-order chi connectivity index (χ0) is 13.2. The lowest BCUT2D eigenvalue weighted by Crippen LogP contribution is -2.43. The molecule has 102 valence electrons. The van der Waals surface area contributed by atoms with E-state index in [0.29, 0.717) is 22.7 Å².